The third-order valence-corrected chi connectivity index (χ3v) is 3.76. The quantitative estimate of drug-likeness (QED) is 0.370. The summed E-state index contributed by atoms with van der Waals surface area (Å²) >= 11 is 0. The van der Waals surface area contributed by atoms with Gasteiger partial charge in [-0.05, 0) is 30.2 Å². The highest BCUT2D eigenvalue weighted by molar-refractivity contribution is 14.0. The van der Waals surface area contributed by atoms with E-state index < -0.39 is 6.09 Å². The number of hydrogen-bond donors (Lipinski definition) is 2. The van der Waals surface area contributed by atoms with Crippen molar-refractivity contribution in [3.05, 3.63) is 65.7 Å². The second kappa shape index (κ2) is 12.2. The first-order valence-electron chi connectivity index (χ1n) is 8.59. The Balaban J connectivity index is 0.00000364. The molecule has 2 N–H and O–H groups in total. The van der Waals surface area contributed by atoms with E-state index >= 15 is 0 Å². The topological polar surface area (TPSA) is 66.0 Å². The van der Waals surface area contributed by atoms with Crippen LogP contribution in [0.1, 0.15) is 18.1 Å². The molecule has 27 heavy (non-hydrogen) atoms. The number of amides is 1. The number of aliphatic imine (C=N–C) groups is 1. The van der Waals surface area contributed by atoms with E-state index in [1.165, 1.54) is 12.7 Å². The molecular weight excluding hydrogens is 455 g/mol. The predicted molar refractivity (Wildman–Crippen MR) is 121 cm³/mol. The zero-order chi connectivity index (χ0) is 18.8. The lowest BCUT2D eigenvalue weighted by molar-refractivity contribution is 0.187. The molecule has 0 saturated carbocycles. The zero-order valence-corrected chi connectivity index (χ0v) is 18.3. The minimum atomic E-state index is -0.479. The van der Waals surface area contributed by atoms with Crippen molar-refractivity contribution in [2.24, 2.45) is 4.99 Å². The summed E-state index contributed by atoms with van der Waals surface area (Å²) < 4.78 is 4.58. The lowest BCUT2D eigenvalue weighted by Crippen LogP contribution is -2.38. The molecule has 0 aliphatic rings. The van der Waals surface area contributed by atoms with Gasteiger partial charge in [0.1, 0.15) is 0 Å². The van der Waals surface area contributed by atoms with Gasteiger partial charge in [-0.3, -0.25) is 5.32 Å². The molecule has 146 valence electrons. The Morgan fingerprint density at radius 1 is 1.07 bits per heavy atom. The minimum Gasteiger partial charge on any atom is -0.453 e. The lowest BCUT2D eigenvalue weighted by Gasteiger charge is -2.22. The Hall–Kier alpha value is -2.29. The van der Waals surface area contributed by atoms with E-state index in [-0.39, 0.29) is 24.0 Å². The van der Waals surface area contributed by atoms with Crippen molar-refractivity contribution in [1.82, 2.24) is 10.2 Å². The molecule has 0 atom stereocenters. The first-order valence-corrected chi connectivity index (χ1v) is 8.59. The number of ether oxygens (including phenoxy) is 1. The van der Waals surface area contributed by atoms with E-state index in [1.54, 1.807) is 0 Å². The predicted octanol–water partition coefficient (Wildman–Crippen LogP) is 4.08. The van der Waals surface area contributed by atoms with Crippen molar-refractivity contribution in [2.75, 3.05) is 26.0 Å². The molecule has 0 heterocycles. The number of nitrogens with one attached hydrogen (secondary N) is 2. The molecule has 2 rings (SSSR count). The number of rotatable bonds is 6. The van der Waals surface area contributed by atoms with Crippen LogP contribution in [0.3, 0.4) is 0 Å². The summed E-state index contributed by atoms with van der Waals surface area (Å²) in [5.74, 6) is 0.855. The summed E-state index contributed by atoms with van der Waals surface area (Å²) in [7, 11) is 3.37. The summed E-state index contributed by atoms with van der Waals surface area (Å²) in [5, 5.41) is 5.95. The Kier molecular flexibility index (Phi) is 10.2. The van der Waals surface area contributed by atoms with Gasteiger partial charge in [-0.2, -0.15) is 0 Å². The Morgan fingerprint density at radius 2 is 1.74 bits per heavy atom. The number of carbonyl (C=O) groups excluding carboxylic acids is 1. The van der Waals surface area contributed by atoms with Crippen molar-refractivity contribution in [3.8, 4) is 0 Å². The maximum absolute atomic E-state index is 11.2. The van der Waals surface area contributed by atoms with E-state index in [9.17, 15) is 4.79 Å². The van der Waals surface area contributed by atoms with Crippen LogP contribution in [0.4, 0.5) is 10.5 Å². The van der Waals surface area contributed by atoms with Crippen LogP contribution in [0.5, 0.6) is 0 Å². The Morgan fingerprint density at radius 3 is 2.33 bits per heavy atom. The molecule has 2 aromatic carbocycles. The van der Waals surface area contributed by atoms with Crippen LogP contribution in [-0.4, -0.2) is 37.7 Å². The molecule has 0 aliphatic carbocycles. The highest BCUT2D eigenvalue weighted by Gasteiger charge is 2.06. The van der Waals surface area contributed by atoms with Gasteiger partial charge in [0.25, 0.3) is 0 Å². The Bertz CT molecular complexity index is 721. The number of carbonyl (C=O) groups is 1. The van der Waals surface area contributed by atoms with Gasteiger partial charge in [-0.15, -0.1) is 24.0 Å². The van der Waals surface area contributed by atoms with Crippen LogP contribution in [0, 0.1) is 0 Å². The van der Waals surface area contributed by atoms with Crippen molar-refractivity contribution in [2.45, 2.75) is 20.0 Å². The molecule has 0 aliphatic heterocycles. The normalized spacial score (nSPS) is 10.6. The van der Waals surface area contributed by atoms with Gasteiger partial charge >= 0.3 is 6.09 Å². The van der Waals surface area contributed by atoms with Crippen molar-refractivity contribution < 1.29 is 9.53 Å². The third-order valence-electron chi connectivity index (χ3n) is 3.76. The number of anilines is 1. The smallest absolute Gasteiger partial charge is 0.411 e. The minimum absolute atomic E-state index is 0. The number of nitrogens with zero attached hydrogens (tertiary/aromatic N) is 2. The molecule has 0 fully saturated rings. The monoisotopic (exact) mass is 482 g/mol. The van der Waals surface area contributed by atoms with Crippen molar-refractivity contribution in [3.63, 3.8) is 0 Å². The standard InChI is InChI=1S/C20H26N4O2.HI/c1-4-21-19(24(2)15-17-8-6-5-7-9-17)22-14-16-10-12-18(13-11-16)23-20(25)26-3;/h5-13H,4,14-15H2,1-3H3,(H,21,22)(H,23,25);1H. The highest BCUT2D eigenvalue weighted by Crippen LogP contribution is 2.11. The maximum Gasteiger partial charge on any atom is 0.411 e. The Labute approximate surface area is 178 Å². The number of benzene rings is 2. The molecule has 1 amide bonds. The molecule has 0 spiro atoms. The van der Waals surface area contributed by atoms with Gasteiger partial charge in [0, 0.05) is 25.8 Å². The van der Waals surface area contributed by atoms with E-state index in [0.29, 0.717) is 12.2 Å². The van der Waals surface area contributed by atoms with Crippen molar-refractivity contribution in [1.29, 1.82) is 0 Å². The molecule has 2 aromatic rings. The molecule has 0 unspecified atom stereocenters. The average Bonchev–Trinajstić information content (AvgIpc) is 2.67. The maximum atomic E-state index is 11.2. The zero-order valence-electron chi connectivity index (χ0n) is 15.9. The van der Waals surface area contributed by atoms with E-state index in [4.69, 9.17) is 4.99 Å². The van der Waals surface area contributed by atoms with E-state index in [1.807, 2.05) is 49.5 Å². The summed E-state index contributed by atoms with van der Waals surface area (Å²) in [6.45, 7) is 4.20. The van der Waals surface area contributed by atoms with Crippen LogP contribution < -0.4 is 10.6 Å². The average molecular weight is 482 g/mol. The van der Waals surface area contributed by atoms with Gasteiger partial charge in [-0.1, -0.05) is 42.5 Å². The van der Waals surface area contributed by atoms with Crippen LogP contribution in [0.25, 0.3) is 0 Å². The molecule has 7 heteroatoms. The molecular formula is C20H27IN4O2. The number of halogens is 1. The summed E-state index contributed by atoms with van der Waals surface area (Å²) in [6, 6.07) is 17.9. The van der Waals surface area contributed by atoms with Crippen LogP contribution in [0.2, 0.25) is 0 Å². The van der Waals surface area contributed by atoms with Crippen molar-refractivity contribution >= 4 is 41.7 Å². The third kappa shape index (κ3) is 7.86. The fraction of sp³-hybridized carbons (Fsp3) is 0.300. The molecule has 0 radical (unpaired) electrons. The fourth-order valence-electron chi connectivity index (χ4n) is 2.43. The van der Waals surface area contributed by atoms with Gasteiger partial charge < -0.3 is 15.0 Å². The molecule has 0 bridgehead atoms. The first-order chi connectivity index (χ1) is 12.6. The van der Waals surface area contributed by atoms with Crippen LogP contribution in [0.15, 0.2) is 59.6 Å². The van der Waals surface area contributed by atoms with E-state index in [0.717, 1.165) is 24.6 Å². The van der Waals surface area contributed by atoms with Crippen LogP contribution in [-0.2, 0) is 17.8 Å². The van der Waals surface area contributed by atoms with E-state index in [2.05, 4.69) is 39.3 Å². The number of hydrogen-bond acceptors (Lipinski definition) is 3. The second-order valence-corrected chi connectivity index (χ2v) is 5.83. The summed E-state index contributed by atoms with van der Waals surface area (Å²) in [5.41, 5.74) is 2.99. The number of guanidine groups is 1. The molecule has 0 aromatic heterocycles. The molecule has 6 nitrogen and oxygen atoms in total. The van der Waals surface area contributed by atoms with Gasteiger partial charge in [0.05, 0.1) is 13.7 Å². The van der Waals surface area contributed by atoms with Gasteiger partial charge in [0.2, 0.25) is 0 Å². The first kappa shape index (κ1) is 22.8. The highest BCUT2D eigenvalue weighted by atomic mass is 127. The van der Waals surface area contributed by atoms with Gasteiger partial charge in [0.15, 0.2) is 5.96 Å². The van der Waals surface area contributed by atoms with Crippen LogP contribution >= 0.6 is 24.0 Å². The largest absolute Gasteiger partial charge is 0.453 e. The SMILES string of the molecule is CCNC(=NCc1ccc(NC(=O)OC)cc1)N(C)Cc1ccccc1.I. The summed E-state index contributed by atoms with van der Waals surface area (Å²) in [4.78, 5) is 18.0. The lowest BCUT2D eigenvalue weighted by atomic mass is 10.2. The second-order valence-electron chi connectivity index (χ2n) is 5.83. The molecule has 0 saturated heterocycles. The number of methoxy groups -OCH3 is 1. The van der Waals surface area contributed by atoms with Gasteiger partial charge in [-0.25, -0.2) is 9.79 Å². The fourth-order valence-corrected chi connectivity index (χ4v) is 2.43. The summed E-state index contributed by atoms with van der Waals surface area (Å²) in [6.07, 6.45) is -0.479.